The van der Waals surface area contributed by atoms with Crippen molar-refractivity contribution in [1.82, 2.24) is 20.2 Å². The Bertz CT molecular complexity index is 490. The second-order valence-corrected chi connectivity index (χ2v) is 3.10. The van der Waals surface area contributed by atoms with Gasteiger partial charge in [-0.25, -0.2) is 9.97 Å². The average Bonchev–Trinajstić information content (AvgIpc) is 2.16. The summed E-state index contributed by atoms with van der Waals surface area (Å²) in [5.74, 6) is 0.350. The Kier molecular flexibility index (Phi) is 2.35. The lowest BCUT2D eigenvalue weighted by Gasteiger charge is -2.00. The van der Waals surface area contributed by atoms with Crippen LogP contribution in [0.4, 0.5) is 0 Å². The number of hydrogen-bond acceptors (Lipinski definition) is 5. The second kappa shape index (κ2) is 3.51. The number of ether oxygens (including phenoxy) is 1. The van der Waals surface area contributed by atoms with Crippen molar-refractivity contribution in [3.05, 3.63) is 16.5 Å². The maximum atomic E-state index is 5.78. The summed E-state index contributed by atoms with van der Waals surface area (Å²) in [5, 5.41) is 7.78. The third-order valence-corrected chi connectivity index (χ3v) is 1.99. The quantitative estimate of drug-likeness (QED) is 0.552. The highest BCUT2D eigenvalue weighted by atomic mass is 35.5. The van der Waals surface area contributed by atoms with Crippen LogP contribution >= 0.6 is 23.2 Å². The van der Waals surface area contributed by atoms with Crippen LogP contribution in [0.25, 0.3) is 11.0 Å². The summed E-state index contributed by atoms with van der Waals surface area (Å²) >= 11 is 11.4. The molecule has 0 unspecified atom stereocenters. The van der Waals surface area contributed by atoms with Crippen molar-refractivity contribution >= 4 is 34.2 Å². The highest BCUT2D eigenvalue weighted by Gasteiger charge is 2.07. The van der Waals surface area contributed by atoms with Crippen LogP contribution in [0.2, 0.25) is 10.4 Å². The van der Waals surface area contributed by atoms with Gasteiger partial charge in [-0.15, -0.1) is 10.2 Å². The first kappa shape index (κ1) is 9.36. The molecule has 2 aromatic heterocycles. The fourth-order valence-electron chi connectivity index (χ4n) is 0.955. The van der Waals surface area contributed by atoms with E-state index in [2.05, 4.69) is 20.2 Å². The highest BCUT2D eigenvalue weighted by molar-refractivity contribution is 6.35. The van der Waals surface area contributed by atoms with E-state index >= 15 is 0 Å². The van der Waals surface area contributed by atoms with E-state index in [9.17, 15) is 0 Å². The van der Waals surface area contributed by atoms with Crippen molar-refractivity contribution in [3.63, 3.8) is 0 Å². The van der Waals surface area contributed by atoms with E-state index < -0.39 is 0 Å². The minimum absolute atomic E-state index is 0.0672. The van der Waals surface area contributed by atoms with E-state index in [0.29, 0.717) is 16.9 Å². The summed E-state index contributed by atoms with van der Waals surface area (Å²) in [4.78, 5) is 7.67. The molecule has 72 valence electrons. The molecule has 0 spiro atoms. The van der Waals surface area contributed by atoms with Crippen LogP contribution in [0.5, 0.6) is 5.88 Å². The van der Waals surface area contributed by atoms with E-state index in [1.54, 1.807) is 6.07 Å². The summed E-state index contributed by atoms with van der Waals surface area (Å²) in [6, 6.07) is 1.59. The third-order valence-electron chi connectivity index (χ3n) is 1.56. The smallest absolute Gasteiger partial charge is 0.235 e. The molecule has 0 saturated heterocycles. The van der Waals surface area contributed by atoms with Gasteiger partial charge in [-0.3, -0.25) is 0 Å². The van der Waals surface area contributed by atoms with Crippen LogP contribution in [-0.2, 0) is 0 Å². The number of halogens is 2. The number of methoxy groups -OCH3 is 1. The predicted octanol–water partition coefficient (Wildman–Crippen LogP) is 1.74. The third kappa shape index (κ3) is 1.56. The van der Waals surface area contributed by atoms with Gasteiger partial charge in [-0.2, -0.15) is 0 Å². The maximum Gasteiger partial charge on any atom is 0.235 e. The Morgan fingerprint density at radius 1 is 1.21 bits per heavy atom. The lowest BCUT2D eigenvalue weighted by molar-refractivity contribution is 0.393. The zero-order valence-corrected chi connectivity index (χ0v) is 8.54. The number of rotatable bonds is 1. The zero-order valence-electron chi connectivity index (χ0n) is 7.03. The first-order chi connectivity index (χ1) is 6.70. The molecule has 7 heteroatoms. The number of nitrogens with zero attached hydrogens (tertiary/aromatic N) is 4. The highest BCUT2D eigenvalue weighted by Crippen LogP contribution is 2.21. The van der Waals surface area contributed by atoms with Crippen molar-refractivity contribution in [3.8, 4) is 5.88 Å². The van der Waals surface area contributed by atoms with Gasteiger partial charge in [0.25, 0.3) is 0 Å². The fraction of sp³-hybridized carbons (Fsp3) is 0.143. The first-order valence-corrected chi connectivity index (χ1v) is 4.37. The molecule has 14 heavy (non-hydrogen) atoms. The van der Waals surface area contributed by atoms with Crippen LogP contribution < -0.4 is 4.74 Å². The summed E-state index contributed by atoms with van der Waals surface area (Å²) in [7, 11) is 1.49. The number of hydrogen-bond donors (Lipinski definition) is 0. The molecule has 2 heterocycles. The molecule has 2 aromatic rings. The molecule has 0 amide bonds. The van der Waals surface area contributed by atoms with E-state index in [4.69, 9.17) is 27.9 Å². The topological polar surface area (TPSA) is 60.8 Å². The second-order valence-electron chi connectivity index (χ2n) is 2.40. The van der Waals surface area contributed by atoms with E-state index in [1.165, 1.54) is 7.11 Å². The molecule has 0 atom stereocenters. The maximum absolute atomic E-state index is 5.78. The van der Waals surface area contributed by atoms with Gasteiger partial charge >= 0.3 is 0 Å². The molecular weight excluding hydrogens is 227 g/mol. The van der Waals surface area contributed by atoms with Crippen molar-refractivity contribution in [1.29, 1.82) is 0 Å². The molecule has 0 N–H and O–H groups in total. The monoisotopic (exact) mass is 230 g/mol. The van der Waals surface area contributed by atoms with Gasteiger partial charge in [0, 0.05) is 6.07 Å². The Labute approximate surface area is 89.0 Å². The SMILES string of the molecule is COc1cc2nc(Cl)nc(Cl)c2nn1. The van der Waals surface area contributed by atoms with Gasteiger partial charge in [0.15, 0.2) is 5.15 Å². The average molecular weight is 231 g/mol. The van der Waals surface area contributed by atoms with Gasteiger partial charge in [0.1, 0.15) is 11.0 Å². The molecule has 0 saturated carbocycles. The van der Waals surface area contributed by atoms with Gasteiger partial charge in [0.2, 0.25) is 11.2 Å². The van der Waals surface area contributed by atoms with Gasteiger partial charge in [-0.05, 0) is 11.6 Å². The molecule has 2 rings (SSSR count). The summed E-state index contributed by atoms with van der Waals surface area (Å²) in [6.45, 7) is 0. The molecule has 0 bridgehead atoms. The lowest BCUT2D eigenvalue weighted by Crippen LogP contribution is -1.95. The van der Waals surface area contributed by atoms with Crippen molar-refractivity contribution in [2.75, 3.05) is 7.11 Å². The van der Waals surface area contributed by atoms with Crippen LogP contribution in [0.1, 0.15) is 0 Å². The zero-order chi connectivity index (χ0) is 10.1. The molecular formula is C7H4Cl2N4O. The van der Waals surface area contributed by atoms with Crippen LogP contribution in [0.15, 0.2) is 6.07 Å². The Morgan fingerprint density at radius 2 is 2.00 bits per heavy atom. The summed E-state index contributed by atoms with van der Waals surface area (Å²) < 4.78 is 4.88. The minimum atomic E-state index is 0.0672. The molecule has 0 aliphatic heterocycles. The standard InChI is InChI=1S/C7H4Cl2N4O/c1-14-4-2-3-5(13-12-4)6(8)11-7(9)10-3/h2H,1H3. The fourth-order valence-corrected chi connectivity index (χ4v) is 1.39. The molecule has 0 radical (unpaired) electrons. The van der Waals surface area contributed by atoms with Crippen molar-refractivity contribution < 1.29 is 4.74 Å². The Balaban J connectivity index is 2.75. The molecule has 0 aliphatic carbocycles. The number of aromatic nitrogens is 4. The minimum Gasteiger partial charge on any atom is -0.480 e. The van der Waals surface area contributed by atoms with Crippen molar-refractivity contribution in [2.45, 2.75) is 0 Å². The molecule has 0 fully saturated rings. The van der Waals surface area contributed by atoms with Gasteiger partial charge in [-0.1, -0.05) is 11.6 Å². The Hall–Kier alpha value is -1.20. The van der Waals surface area contributed by atoms with E-state index in [1.807, 2.05) is 0 Å². The van der Waals surface area contributed by atoms with Crippen LogP contribution in [0.3, 0.4) is 0 Å². The largest absolute Gasteiger partial charge is 0.480 e. The molecule has 0 aliphatic rings. The van der Waals surface area contributed by atoms with E-state index in [0.717, 1.165) is 0 Å². The van der Waals surface area contributed by atoms with Crippen LogP contribution in [-0.4, -0.2) is 27.3 Å². The Morgan fingerprint density at radius 3 is 2.71 bits per heavy atom. The first-order valence-electron chi connectivity index (χ1n) is 3.61. The van der Waals surface area contributed by atoms with Gasteiger partial charge < -0.3 is 4.74 Å². The molecule has 5 nitrogen and oxygen atoms in total. The van der Waals surface area contributed by atoms with Crippen LogP contribution in [0, 0.1) is 0 Å². The number of fused-ring (bicyclic) bond motifs is 1. The van der Waals surface area contributed by atoms with Gasteiger partial charge in [0.05, 0.1) is 7.11 Å². The van der Waals surface area contributed by atoms with Crippen molar-refractivity contribution in [2.24, 2.45) is 0 Å². The van der Waals surface area contributed by atoms with E-state index in [-0.39, 0.29) is 10.4 Å². The summed E-state index contributed by atoms with van der Waals surface area (Å²) in [5.41, 5.74) is 0.902. The lowest BCUT2D eigenvalue weighted by atomic mass is 10.4. The normalized spacial score (nSPS) is 10.5. The molecule has 0 aromatic carbocycles. The summed E-state index contributed by atoms with van der Waals surface area (Å²) in [6.07, 6.45) is 0. The predicted molar refractivity (Wildman–Crippen MR) is 51.7 cm³/mol.